The standard InChI is InChI=1S/C20H21FN2O5S/c1-13-4-5-15(14(21)11-13)23-19(26)12-28-20(27)8-9-22-18(25)7-6-16(24)17-3-2-10-29-17/h2-5,10-11H,6-9,12H2,1H3,(H,22,25)(H,23,26). The molecule has 2 amide bonds. The smallest absolute Gasteiger partial charge is 0.308 e. The molecule has 1 aromatic heterocycles. The van der Waals surface area contributed by atoms with E-state index in [0.29, 0.717) is 10.4 Å². The molecule has 154 valence electrons. The topological polar surface area (TPSA) is 102 Å². The molecule has 0 spiro atoms. The summed E-state index contributed by atoms with van der Waals surface area (Å²) in [7, 11) is 0. The van der Waals surface area contributed by atoms with Crippen LogP contribution >= 0.6 is 11.3 Å². The Morgan fingerprint density at radius 3 is 2.55 bits per heavy atom. The fraction of sp³-hybridized carbons (Fsp3) is 0.300. The van der Waals surface area contributed by atoms with Crippen LogP contribution in [0.15, 0.2) is 35.7 Å². The molecule has 0 bridgehead atoms. The average Bonchev–Trinajstić information content (AvgIpc) is 3.21. The summed E-state index contributed by atoms with van der Waals surface area (Å²) in [6.45, 7) is 1.19. The number of ketones is 1. The largest absolute Gasteiger partial charge is 0.456 e. The van der Waals surface area contributed by atoms with E-state index in [-0.39, 0.29) is 43.2 Å². The molecular formula is C20H21FN2O5S. The maximum Gasteiger partial charge on any atom is 0.308 e. The Labute approximate surface area is 171 Å². The number of benzene rings is 1. The van der Waals surface area contributed by atoms with Gasteiger partial charge in [0.05, 0.1) is 17.0 Å². The zero-order valence-electron chi connectivity index (χ0n) is 15.8. The first-order chi connectivity index (χ1) is 13.8. The highest BCUT2D eigenvalue weighted by Crippen LogP contribution is 2.15. The highest BCUT2D eigenvalue weighted by molar-refractivity contribution is 7.12. The number of Topliss-reactive ketones (excluding diaryl/α,β-unsaturated/α-hetero) is 1. The first kappa shape index (κ1) is 22.2. The minimum Gasteiger partial charge on any atom is -0.456 e. The number of anilines is 1. The van der Waals surface area contributed by atoms with Crippen LogP contribution in [-0.4, -0.2) is 36.7 Å². The normalized spacial score (nSPS) is 10.3. The third-order valence-electron chi connectivity index (χ3n) is 3.79. The summed E-state index contributed by atoms with van der Waals surface area (Å²) >= 11 is 1.32. The van der Waals surface area contributed by atoms with Crippen molar-refractivity contribution in [3.63, 3.8) is 0 Å². The van der Waals surface area contributed by atoms with E-state index in [1.54, 1.807) is 30.5 Å². The summed E-state index contributed by atoms with van der Waals surface area (Å²) in [6, 6.07) is 7.80. The van der Waals surface area contributed by atoms with Gasteiger partial charge in [0, 0.05) is 19.4 Å². The lowest BCUT2D eigenvalue weighted by atomic mass is 10.2. The number of thiophene rings is 1. The van der Waals surface area contributed by atoms with Crippen LogP contribution in [-0.2, 0) is 19.1 Å². The summed E-state index contributed by atoms with van der Waals surface area (Å²) < 4.78 is 18.5. The third-order valence-corrected chi connectivity index (χ3v) is 4.70. The van der Waals surface area contributed by atoms with Gasteiger partial charge in [-0.15, -0.1) is 11.3 Å². The van der Waals surface area contributed by atoms with Crippen molar-refractivity contribution in [1.29, 1.82) is 0 Å². The monoisotopic (exact) mass is 420 g/mol. The van der Waals surface area contributed by atoms with Crippen molar-refractivity contribution in [3.8, 4) is 0 Å². The lowest BCUT2D eigenvalue weighted by Gasteiger charge is -2.08. The van der Waals surface area contributed by atoms with Crippen LogP contribution in [0.2, 0.25) is 0 Å². The van der Waals surface area contributed by atoms with Gasteiger partial charge in [0.25, 0.3) is 5.91 Å². The van der Waals surface area contributed by atoms with Gasteiger partial charge < -0.3 is 15.4 Å². The SMILES string of the molecule is Cc1ccc(NC(=O)COC(=O)CCNC(=O)CCC(=O)c2cccs2)c(F)c1. The summed E-state index contributed by atoms with van der Waals surface area (Å²) in [4.78, 5) is 47.5. The molecule has 0 aliphatic carbocycles. The average molecular weight is 420 g/mol. The van der Waals surface area contributed by atoms with Crippen molar-refractivity contribution < 1.29 is 28.3 Å². The van der Waals surface area contributed by atoms with Crippen molar-refractivity contribution in [2.45, 2.75) is 26.2 Å². The summed E-state index contributed by atoms with van der Waals surface area (Å²) in [5.74, 6) is -2.39. The van der Waals surface area contributed by atoms with E-state index in [1.165, 1.54) is 23.5 Å². The summed E-state index contributed by atoms with van der Waals surface area (Å²) in [5.41, 5.74) is 0.714. The quantitative estimate of drug-likeness (QED) is 0.455. The summed E-state index contributed by atoms with van der Waals surface area (Å²) in [5, 5.41) is 6.62. The fourth-order valence-corrected chi connectivity index (χ4v) is 3.00. The van der Waals surface area contributed by atoms with Gasteiger partial charge in [-0.25, -0.2) is 4.39 Å². The van der Waals surface area contributed by atoms with Crippen molar-refractivity contribution in [2.75, 3.05) is 18.5 Å². The zero-order valence-corrected chi connectivity index (χ0v) is 16.6. The number of halogens is 1. The second kappa shape index (κ2) is 11.1. The van der Waals surface area contributed by atoms with Gasteiger partial charge in [-0.05, 0) is 36.1 Å². The second-order valence-corrected chi connectivity index (χ2v) is 7.14. The molecule has 2 aromatic rings. The molecule has 0 aliphatic rings. The van der Waals surface area contributed by atoms with Crippen LogP contribution in [0.25, 0.3) is 0 Å². The van der Waals surface area contributed by atoms with E-state index in [9.17, 15) is 23.6 Å². The van der Waals surface area contributed by atoms with E-state index >= 15 is 0 Å². The number of ether oxygens (including phenoxy) is 1. The Bertz CT molecular complexity index is 883. The van der Waals surface area contributed by atoms with E-state index in [2.05, 4.69) is 10.6 Å². The minimum atomic E-state index is -0.681. The molecule has 0 fully saturated rings. The van der Waals surface area contributed by atoms with Crippen molar-refractivity contribution in [1.82, 2.24) is 5.32 Å². The zero-order chi connectivity index (χ0) is 21.2. The molecule has 0 radical (unpaired) electrons. The number of rotatable bonds is 10. The first-order valence-corrected chi connectivity index (χ1v) is 9.78. The van der Waals surface area contributed by atoms with Crippen LogP contribution in [0.3, 0.4) is 0 Å². The Balaban J connectivity index is 1.59. The number of hydrogen-bond acceptors (Lipinski definition) is 6. The van der Waals surface area contributed by atoms with E-state index in [0.717, 1.165) is 0 Å². The van der Waals surface area contributed by atoms with Gasteiger partial charge in [0.1, 0.15) is 5.82 Å². The predicted molar refractivity (Wildman–Crippen MR) is 106 cm³/mol. The Morgan fingerprint density at radius 2 is 1.86 bits per heavy atom. The number of carbonyl (C=O) groups is 4. The van der Waals surface area contributed by atoms with E-state index in [4.69, 9.17) is 4.74 Å². The van der Waals surface area contributed by atoms with E-state index < -0.39 is 24.3 Å². The lowest BCUT2D eigenvalue weighted by Crippen LogP contribution is -2.28. The van der Waals surface area contributed by atoms with Gasteiger partial charge in [0.15, 0.2) is 12.4 Å². The van der Waals surface area contributed by atoms with Gasteiger partial charge in [0.2, 0.25) is 5.91 Å². The number of amides is 2. The number of carbonyl (C=O) groups excluding carboxylic acids is 4. The van der Waals surface area contributed by atoms with Gasteiger partial charge in [-0.3, -0.25) is 19.2 Å². The van der Waals surface area contributed by atoms with Gasteiger partial charge >= 0.3 is 5.97 Å². The number of aryl methyl sites for hydroxylation is 1. The molecule has 7 nitrogen and oxygen atoms in total. The van der Waals surface area contributed by atoms with Crippen LogP contribution in [0, 0.1) is 12.7 Å². The highest BCUT2D eigenvalue weighted by Gasteiger charge is 2.12. The molecule has 9 heteroatoms. The third kappa shape index (κ3) is 7.82. The van der Waals surface area contributed by atoms with Crippen molar-refractivity contribution in [2.24, 2.45) is 0 Å². The highest BCUT2D eigenvalue weighted by atomic mass is 32.1. The second-order valence-electron chi connectivity index (χ2n) is 6.19. The van der Waals surface area contributed by atoms with Gasteiger partial charge in [-0.2, -0.15) is 0 Å². The van der Waals surface area contributed by atoms with Crippen molar-refractivity contribution in [3.05, 3.63) is 52.0 Å². The fourth-order valence-electron chi connectivity index (χ4n) is 2.31. The Morgan fingerprint density at radius 1 is 1.07 bits per heavy atom. The predicted octanol–water partition coefficient (Wildman–Crippen LogP) is 2.85. The maximum atomic E-state index is 13.7. The van der Waals surface area contributed by atoms with Crippen LogP contribution < -0.4 is 10.6 Å². The molecular weight excluding hydrogens is 399 g/mol. The molecule has 29 heavy (non-hydrogen) atoms. The number of nitrogens with one attached hydrogen (secondary N) is 2. The van der Waals surface area contributed by atoms with Crippen LogP contribution in [0.4, 0.5) is 10.1 Å². The maximum absolute atomic E-state index is 13.7. The van der Waals surface area contributed by atoms with E-state index in [1.807, 2.05) is 0 Å². The molecule has 0 saturated carbocycles. The molecule has 1 aromatic carbocycles. The van der Waals surface area contributed by atoms with Gasteiger partial charge in [-0.1, -0.05) is 12.1 Å². The number of esters is 1. The molecule has 0 unspecified atom stereocenters. The first-order valence-electron chi connectivity index (χ1n) is 8.90. The number of hydrogen-bond donors (Lipinski definition) is 2. The molecule has 0 saturated heterocycles. The lowest BCUT2D eigenvalue weighted by molar-refractivity contribution is -0.147. The Kier molecular flexibility index (Phi) is 8.47. The minimum absolute atomic E-state index is 0.000933. The van der Waals surface area contributed by atoms with Crippen LogP contribution in [0.1, 0.15) is 34.5 Å². The molecule has 0 atom stereocenters. The van der Waals surface area contributed by atoms with Crippen molar-refractivity contribution >= 4 is 40.6 Å². The Hall–Kier alpha value is -3.07. The molecule has 2 N–H and O–H groups in total. The molecule has 2 rings (SSSR count). The summed E-state index contributed by atoms with van der Waals surface area (Å²) in [6.07, 6.45) is -0.0143. The van der Waals surface area contributed by atoms with Crippen LogP contribution in [0.5, 0.6) is 0 Å². The molecule has 0 aliphatic heterocycles. The molecule has 1 heterocycles.